The van der Waals surface area contributed by atoms with Crippen molar-refractivity contribution in [1.29, 1.82) is 0 Å². The molecule has 3 N–H and O–H groups in total. The van der Waals surface area contributed by atoms with Crippen molar-refractivity contribution in [3.63, 3.8) is 0 Å². The Hall–Kier alpha value is -1.21. The molecule has 0 bridgehead atoms. The maximum Gasteiger partial charge on any atom is 0.158 e. The van der Waals surface area contributed by atoms with Gasteiger partial charge in [0.1, 0.15) is 18.2 Å². The van der Waals surface area contributed by atoms with Crippen LogP contribution in [0.4, 0.5) is 11.6 Å². The minimum absolute atomic E-state index is 0.320. The summed E-state index contributed by atoms with van der Waals surface area (Å²) in [5.74, 6) is 2.83. The van der Waals surface area contributed by atoms with Crippen molar-refractivity contribution in [1.82, 2.24) is 9.97 Å². The van der Waals surface area contributed by atoms with Gasteiger partial charge in [-0.3, -0.25) is 4.21 Å². The summed E-state index contributed by atoms with van der Waals surface area (Å²) in [6.45, 7) is 2.82. The number of rotatable bonds is 7. The number of nitrogens with zero attached hydrogens (tertiary/aromatic N) is 2. The first kappa shape index (κ1) is 13.9. The summed E-state index contributed by atoms with van der Waals surface area (Å²) in [5, 5.41) is 3.07. The Labute approximate surface area is 103 Å². The minimum Gasteiger partial charge on any atom is -0.384 e. The van der Waals surface area contributed by atoms with Crippen molar-refractivity contribution in [3.05, 3.63) is 11.9 Å². The topological polar surface area (TPSA) is 90.1 Å². The van der Waals surface area contributed by atoms with Gasteiger partial charge < -0.3 is 15.8 Å². The molecule has 0 radical (unpaired) electrons. The molecule has 96 valence electrons. The Morgan fingerprint density at radius 3 is 2.94 bits per heavy atom. The molecule has 1 aromatic rings. The predicted molar refractivity (Wildman–Crippen MR) is 69.2 cm³/mol. The van der Waals surface area contributed by atoms with Crippen LogP contribution >= 0.6 is 0 Å². The van der Waals surface area contributed by atoms with Crippen molar-refractivity contribution in [2.24, 2.45) is 0 Å². The van der Waals surface area contributed by atoms with Gasteiger partial charge in [-0.2, -0.15) is 0 Å². The highest BCUT2D eigenvalue weighted by atomic mass is 32.2. The molecule has 0 aliphatic heterocycles. The Bertz CT molecular complexity index is 387. The first-order chi connectivity index (χ1) is 8.15. The maximum absolute atomic E-state index is 11.2. The average molecular weight is 258 g/mol. The lowest BCUT2D eigenvalue weighted by Crippen LogP contribution is -2.14. The molecular formula is C10H18N4O2S. The zero-order chi connectivity index (χ0) is 12.7. The monoisotopic (exact) mass is 258 g/mol. The number of nitrogen functional groups attached to an aromatic ring is 1. The molecule has 0 spiro atoms. The molecule has 6 nitrogen and oxygen atoms in total. The van der Waals surface area contributed by atoms with Crippen LogP contribution < -0.4 is 11.1 Å². The van der Waals surface area contributed by atoms with Crippen LogP contribution in [-0.2, 0) is 22.1 Å². The molecule has 1 heterocycles. The van der Waals surface area contributed by atoms with Crippen molar-refractivity contribution in [2.45, 2.75) is 13.5 Å². The van der Waals surface area contributed by atoms with E-state index in [0.717, 1.165) is 0 Å². The van der Waals surface area contributed by atoms with E-state index < -0.39 is 10.8 Å². The van der Waals surface area contributed by atoms with Crippen LogP contribution in [0.1, 0.15) is 12.7 Å². The molecule has 1 atom stereocenters. The van der Waals surface area contributed by atoms with Gasteiger partial charge in [-0.05, 0) is 0 Å². The Morgan fingerprint density at radius 1 is 1.53 bits per heavy atom. The lowest BCUT2D eigenvalue weighted by atomic mass is 10.5. The molecule has 0 saturated carbocycles. The van der Waals surface area contributed by atoms with Gasteiger partial charge in [0.05, 0.1) is 0 Å². The van der Waals surface area contributed by atoms with Crippen LogP contribution in [0, 0.1) is 0 Å². The highest BCUT2D eigenvalue weighted by Gasteiger charge is 2.02. The number of methoxy groups -OCH3 is 1. The van der Waals surface area contributed by atoms with Crippen molar-refractivity contribution < 1.29 is 8.95 Å². The summed E-state index contributed by atoms with van der Waals surface area (Å²) in [7, 11) is 0.797. The SMILES string of the molecule is CCS(=O)CCNc1cc(N)nc(COC)n1. The number of ether oxygens (including phenoxy) is 1. The van der Waals surface area contributed by atoms with E-state index in [4.69, 9.17) is 10.5 Å². The second kappa shape index (κ2) is 7.18. The number of anilines is 2. The number of nitrogens with two attached hydrogens (primary N) is 1. The fraction of sp³-hybridized carbons (Fsp3) is 0.600. The van der Waals surface area contributed by atoms with E-state index in [1.165, 1.54) is 0 Å². The van der Waals surface area contributed by atoms with E-state index in [2.05, 4.69) is 15.3 Å². The van der Waals surface area contributed by atoms with Gasteiger partial charge in [0.2, 0.25) is 0 Å². The molecule has 0 fully saturated rings. The number of aromatic nitrogens is 2. The average Bonchev–Trinajstić information content (AvgIpc) is 2.28. The standard InChI is InChI=1S/C10H18N4O2S/c1-3-17(15)5-4-12-9-6-8(11)13-10(14-9)7-16-2/h6H,3-5,7H2,1-2H3,(H3,11,12,13,14). The summed E-state index contributed by atoms with van der Waals surface area (Å²) < 4.78 is 16.2. The lowest BCUT2D eigenvalue weighted by molar-refractivity contribution is 0.178. The van der Waals surface area contributed by atoms with Crippen molar-refractivity contribution in [2.75, 3.05) is 36.2 Å². The van der Waals surface area contributed by atoms with Gasteiger partial charge in [-0.25, -0.2) is 9.97 Å². The van der Waals surface area contributed by atoms with E-state index in [9.17, 15) is 4.21 Å². The smallest absolute Gasteiger partial charge is 0.158 e. The Balaban J connectivity index is 2.55. The maximum atomic E-state index is 11.2. The van der Waals surface area contributed by atoms with E-state index in [-0.39, 0.29) is 0 Å². The van der Waals surface area contributed by atoms with Crippen LogP contribution in [0.5, 0.6) is 0 Å². The number of hydrogen-bond donors (Lipinski definition) is 2. The summed E-state index contributed by atoms with van der Waals surface area (Å²) in [6.07, 6.45) is 0. The molecule has 0 aliphatic carbocycles. The first-order valence-corrected chi connectivity index (χ1v) is 6.85. The summed E-state index contributed by atoms with van der Waals surface area (Å²) in [6, 6.07) is 1.65. The third kappa shape index (κ3) is 5.10. The minimum atomic E-state index is -0.777. The predicted octanol–water partition coefficient (Wildman–Crippen LogP) is 0.386. The Morgan fingerprint density at radius 2 is 2.29 bits per heavy atom. The molecule has 1 aromatic heterocycles. The second-order valence-corrected chi connectivity index (χ2v) is 5.25. The molecule has 0 saturated heterocycles. The zero-order valence-electron chi connectivity index (χ0n) is 10.1. The molecule has 1 unspecified atom stereocenters. The molecule has 0 aliphatic rings. The zero-order valence-corrected chi connectivity index (χ0v) is 10.9. The molecule has 7 heteroatoms. The van der Waals surface area contributed by atoms with Crippen LogP contribution in [0.15, 0.2) is 6.07 Å². The van der Waals surface area contributed by atoms with Crippen LogP contribution in [0.3, 0.4) is 0 Å². The van der Waals surface area contributed by atoms with Gasteiger partial charge in [0.15, 0.2) is 5.82 Å². The quantitative estimate of drug-likeness (QED) is 0.735. The summed E-state index contributed by atoms with van der Waals surface area (Å²) in [4.78, 5) is 8.24. The van der Waals surface area contributed by atoms with E-state index >= 15 is 0 Å². The van der Waals surface area contributed by atoms with E-state index in [0.29, 0.717) is 42.1 Å². The first-order valence-electron chi connectivity index (χ1n) is 5.37. The van der Waals surface area contributed by atoms with E-state index in [1.54, 1.807) is 13.2 Å². The Kier molecular flexibility index (Phi) is 5.85. The third-order valence-electron chi connectivity index (χ3n) is 2.02. The van der Waals surface area contributed by atoms with Crippen LogP contribution in [0.25, 0.3) is 0 Å². The normalized spacial score (nSPS) is 12.4. The highest BCUT2D eigenvalue weighted by molar-refractivity contribution is 7.84. The number of nitrogens with one attached hydrogen (secondary N) is 1. The lowest BCUT2D eigenvalue weighted by Gasteiger charge is -2.07. The fourth-order valence-electron chi connectivity index (χ4n) is 1.24. The van der Waals surface area contributed by atoms with Gasteiger partial charge >= 0.3 is 0 Å². The molecular weight excluding hydrogens is 240 g/mol. The van der Waals surface area contributed by atoms with Gasteiger partial charge in [0, 0.05) is 42.0 Å². The molecule has 0 amide bonds. The van der Waals surface area contributed by atoms with E-state index in [1.807, 2.05) is 6.92 Å². The summed E-state index contributed by atoms with van der Waals surface area (Å²) in [5.41, 5.74) is 5.64. The largest absolute Gasteiger partial charge is 0.384 e. The van der Waals surface area contributed by atoms with Crippen LogP contribution in [0.2, 0.25) is 0 Å². The summed E-state index contributed by atoms with van der Waals surface area (Å²) >= 11 is 0. The second-order valence-electron chi connectivity index (χ2n) is 3.39. The molecule has 17 heavy (non-hydrogen) atoms. The van der Waals surface area contributed by atoms with Crippen LogP contribution in [-0.4, -0.2) is 39.3 Å². The van der Waals surface area contributed by atoms with Crippen molar-refractivity contribution in [3.8, 4) is 0 Å². The fourth-order valence-corrected chi connectivity index (χ4v) is 1.86. The third-order valence-corrected chi connectivity index (χ3v) is 3.33. The number of hydrogen-bond acceptors (Lipinski definition) is 6. The van der Waals surface area contributed by atoms with Gasteiger partial charge in [-0.1, -0.05) is 6.92 Å². The molecule has 1 rings (SSSR count). The highest BCUT2D eigenvalue weighted by Crippen LogP contribution is 2.08. The van der Waals surface area contributed by atoms with Gasteiger partial charge in [0.25, 0.3) is 0 Å². The van der Waals surface area contributed by atoms with Crippen molar-refractivity contribution >= 4 is 22.4 Å². The van der Waals surface area contributed by atoms with Gasteiger partial charge in [-0.15, -0.1) is 0 Å². The molecule has 0 aromatic carbocycles.